The third-order valence-corrected chi connectivity index (χ3v) is 2.49. The lowest BCUT2D eigenvalue weighted by molar-refractivity contribution is -0.148. The van der Waals surface area contributed by atoms with Crippen molar-refractivity contribution in [3.05, 3.63) is 0 Å². The molecule has 0 aliphatic heterocycles. The van der Waals surface area contributed by atoms with Gasteiger partial charge < -0.3 is 10.0 Å². The Bertz CT molecular complexity index is 230. The van der Waals surface area contributed by atoms with Crippen molar-refractivity contribution in [1.29, 1.82) is 0 Å². The number of alkyl halides is 2. The maximum atomic E-state index is 12.8. The van der Waals surface area contributed by atoms with Crippen LogP contribution in [-0.4, -0.2) is 42.5 Å². The molecule has 0 spiro atoms. The molecule has 13 heavy (non-hydrogen) atoms. The molecule has 0 saturated heterocycles. The van der Waals surface area contributed by atoms with Crippen LogP contribution in [-0.2, 0) is 4.79 Å². The lowest BCUT2D eigenvalue weighted by atomic mass is 10.0. The minimum absolute atomic E-state index is 0.0162. The predicted octanol–water partition coefficient (Wildman–Crippen LogP) is 1.05. The highest BCUT2D eigenvalue weighted by Crippen LogP contribution is 2.62. The smallest absolute Gasteiger partial charge is 0.316 e. The first kappa shape index (κ1) is 10.4. The van der Waals surface area contributed by atoms with Crippen LogP contribution in [0.15, 0.2) is 0 Å². The fraction of sp³-hybridized carbons (Fsp3) is 0.875. The molecule has 1 aliphatic carbocycles. The summed E-state index contributed by atoms with van der Waals surface area (Å²) in [7, 11) is 3.46. The molecule has 0 aromatic heterocycles. The Morgan fingerprint density at radius 2 is 2.00 bits per heavy atom. The molecule has 0 amide bonds. The summed E-state index contributed by atoms with van der Waals surface area (Å²) < 4.78 is 25.5. The Balaban J connectivity index is 2.58. The fourth-order valence-electron chi connectivity index (χ4n) is 1.36. The van der Waals surface area contributed by atoms with Crippen LogP contribution in [0.2, 0.25) is 0 Å². The molecule has 0 radical (unpaired) electrons. The van der Waals surface area contributed by atoms with E-state index in [1.165, 1.54) is 0 Å². The minimum atomic E-state index is -3.01. The van der Waals surface area contributed by atoms with Gasteiger partial charge in [-0.15, -0.1) is 0 Å². The number of hydrogen-bond donors (Lipinski definition) is 1. The van der Waals surface area contributed by atoms with Crippen molar-refractivity contribution in [3.8, 4) is 0 Å². The molecular formula is C8H13F2NO2. The highest BCUT2D eigenvalue weighted by atomic mass is 19.3. The van der Waals surface area contributed by atoms with E-state index in [4.69, 9.17) is 5.11 Å². The molecule has 0 aromatic carbocycles. The lowest BCUT2D eigenvalue weighted by Gasteiger charge is -2.14. The fourth-order valence-corrected chi connectivity index (χ4v) is 1.36. The molecule has 0 aromatic rings. The van der Waals surface area contributed by atoms with E-state index in [1.807, 2.05) is 0 Å². The predicted molar refractivity (Wildman–Crippen MR) is 42.8 cm³/mol. The van der Waals surface area contributed by atoms with Crippen LogP contribution in [0.3, 0.4) is 0 Å². The second-order valence-corrected chi connectivity index (χ2v) is 3.82. The second-order valence-electron chi connectivity index (χ2n) is 3.82. The first-order chi connectivity index (χ1) is 5.82. The summed E-state index contributed by atoms with van der Waals surface area (Å²) in [6.45, 7) is 0.377. The van der Waals surface area contributed by atoms with Crippen LogP contribution in [0.25, 0.3) is 0 Å². The summed E-state index contributed by atoms with van der Waals surface area (Å²) in [5, 5.41) is 8.65. The van der Waals surface area contributed by atoms with E-state index < -0.39 is 23.7 Å². The summed E-state index contributed by atoms with van der Waals surface area (Å²) >= 11 is 0. The molecule has 3 nitrogen and oxygen atoms in total. The van der Waals surface area contributed by atoms with Gasteiger partial charge in [-0.2, -0.15) is 0 Å². The molecule has 1 atom stereocenters. The average Bonchev–Trinajstić information content (AvgIpc) is 2.51. The molecule has 1 saturated carbocycles. The number of rotatable bonds is 4. The van der Waals surface area contributed by atoms with E-state index in [2.05, 4.69) is 0 Å². The lowest BCUT2D eigenvalue weighted by Crippen LogP contribution is -2.27. The van der Waals surface area contributed by atoms with Gasteiger partial charge in [-0.1, -0.05) is 0 Å². The van der Waals surface area contributed by atoms with Gasteiger partial charge in [0.15, 0.2) is 0 Å². The molecular weight excluding hydrogens is 180 g/mol. The number of carboxylic acids is 1. The summed E-state index contributed by atoms with van der Waals surface area (Å²) in [6, 6.07) is 0. The third-order valence-electron chi connectivity index (χ3n) is 2.49. The first-order valence-electron chi connectivity index (χ1n) is 4.08. The molecule has 5 heteroatoms. The van der Waals surface area contributed by atoms with Crippen molar-refractivity contribution in [2.45, 2.75) is 18.8 Å². The molecule has 0 heterocycles. The van der Waals surface area contributed by atoms with E-state index in [9.17, 15) is 13.6 Å². The van der Waals surface area contributed by atoms with E-state index in [0.717, 1.165) is 0 Å². The van der Waals surface area contributed by atoms with Crippen LogP contribution >= 0.6 is 0 Å². The van der Waals surface area contributed by atoms with Gasteiger partial charge in [0, 0.05) is 6.42 Å². The van der Waals surface area contributed by atoms with E-state index in [-0.39, 0.29) is 6.42 Å². The zero-order chi connectivity index (χ0) is 10.3. The summed E-state index contributed by atoms with van der Waals surface area (Å²) in [6.07, 6.45) is -0.495. The quantitative estimate of drug-likeness (QED) is 0.725. The van der Waals surface area contributed by atoms with Crippen molar-refractivity contribution in [3.63, 3.8) is 0 Å². The van der Waals surface area contributed by atoms with Gasteiger partial charge in [0.05, 0.1) is 0 Å². The van der Waals surface area contributed by atoms with Crippen molar-refractivity contribution in [2.24, 2.45) is 5.41 Å². The van der Waals surface area contributed by atoms with Gasteiger partial charge in [0.25, 0.3) is 5.92 Å². The highest BCUT2D eigenvalue weighted by molar-refractivity contribution is 5.80. The van der Waals surface area contributed by atoms with Gasteiger partial charge >= 0.3 is 5.97 Å². The average molecular weight is 193 g/mol. The van der Waals surface area contributed by atoms with Crippen LogP contribution in [0, 0.1) is 5.41 Å². The number of carbonyl (C=O) groups is 1. The Labute approximate surface area is 75.3 Å². The molecule has 76 valence electrons. The SMILES string of the molecule is CN(C)CCC1(C(=O)O)CC1(F)F. The molecule has 1 rings (SSSR count). The number of halogens is 2. The summed E-state index contributed by atoms with van der Waals surface area (Å²) in [4.78, 5) is 12.3. The standard InChI is InChI=1S/C8H13F2NO2/c1-11(2)4-3-7(6(12)13)5-8(7,9)10/h3-5H2,1-2H3,(H,12,13). The minimum Gasteiger partial charge on any atom is -0.481 e. The van der Waals surface area contributed by atoms with Gasteiger partial charge in [-0.3, -0.25) is 4.79 Å². The molecule has 1 unspecified atom stereocenters. The van der Waals surface area contributed by atoms with Gasteiger partial charge in [0.2, 0.25) is 0 Å². The summed E-state index contributed by atoms with van der Waals surface area (Å²) in [5.41, 5.74) is -1.78. The van der Waals surface area contributed by atoms with Crippen LogP contribution in [0.1, 0.15) is 12.8 Å². The largest absolute Gasteiger partial charge is 0.481 e. The zero-order valence-corrected chi connectivity index (χ0v) is 7.68. The van der Waals surface area contributed by atoms with E-state index in [0.29, 0.717) is 6.54 Å². The van der Waals surface area contributed by atoms with Gasteiger partial charge in [-0.05, 0) is 27.1 Å². The number of nitrogens with zero attached hydrogens (tertiary/aromatic N) is 1. The molecule has 1 aliphatic rings. The van der Waals surface area contributed by atoms with Crippen molar-refractivity contribution >= 4 is 5.97 Å². The van der Waals surface area contributed by atoms with Crippen molar-refractivity contribution in [1.82, 2.24) is 4.90 Å². The number of hydrogen-bond acceptors (Lipinski definition) is 2. The van der Waals surface area contributed by atoms with E-state index >= 15 is 0 Å². The first-order valence-corrected chi connectivity index (χ1v) is 4.08. The maximum Gasteiger partial charge on any atom is 0.316 e. The van der Waals surface area contributed by atoms with Gasteiger partial charge in [0.1, 0.15) is 5.41 Å². The second kappa shape index (κ2) is 2.90. The number of aliphatic carboxylic acids is 1. The Kier molecular flexibility index (Phi) is 2.32. The monoisotopic (exact) mass is 193 g/mol. The normalized spacial score (nSPS) is 30.5. The summed E-state index contributed by atoms with van der Waals surface area (Å²) in [5.74, 6) is -4.38. The Morgan fingerprint density at radius 3 is 2.23 bits per heavy atom. The zero-order valence-electron chi connectivity index (χ0n) is 7.68. The van der Waals surface area contributed by atoms with Crippen molar-refractivity contribution in [2.75, 3.05) is 20.6 Å². The Morgan fingerprint density at radius 1 is 1.54 bits per heavy atom. The number of carboxylic acid groups (broad SMARTS) is 1. The van der Waals surface area contributed by atoms with Crippen LogP contribution < -0.4 is 0 Å². The molecule has 1 fully saturated rings. The van der Waals surface area contributed by atoms with E-state index in [1.54, 1.807) is 19.0 Å². The van der Waals surface area contributed by atoms with Crippen molar-refractivity contribution < 1.29 is 18.7 Å². The third kappa shape index (κ3) is 1.65. The molecule has 0 bridgehead atoms. The molecule has 1 N–H and O–H groups in total. The van der Waals surface area contributed by atoms with Gasteiger partial charge in [-0.25, -0.2) is 8.78 Å². The Hall–Kier alpha value is -0.710. The maximum absolute atomic E-state index is 12.8. The van der Waals surface area contributed by atoms with Crippen LogP contribution in [0.4, 0.5) is 8.78 Å². The highest BCUT2D eigenvalue weighted by Gasteiger charge is 2.75. The van der Waals surface area contributed by atoms with Crippen LogP contribution in [0.5, 0.6) is 0 Å². The topological polar surface area (TPSA) is 40.5 Å².